The smallest absolute Gasteiger partial charge is 0.243 e. The van der Waals surface area contributed by atoms with E-state index in [1.165, 1.54) is 4.31 Å². The number of benzene rings is 1. The van der Waals surface area contributed by atoms with Crippen molar-refractivity contribution in [1.82, 2.24) is 14.5 Å². The van der Waals surface area contributed by atoms with Crippen LogP contribution in [0.15, 0.2) is 29.2 Å². The van der Waals surface area contributed by atoms with Gasteiger partial charge in [0.15, 0.2) is 0 Å². The first-order valence-electron chi connectivity index (χ1n) is 9.45. The summed E-state index contributed by atoms with van der Waals surface area (Å²) in [6, 6.07) is 6.72. The first kappa shape index (κ1) is 21.4. The third-order valence-electron chi connectivity index (χ3n) is 5.01. The molecule has 1 amide bonds. The largest absolute Gasteiger partial charge is 0.352 e. The van der Waals surface area contributed by atoms with E-state index in [1.807, 2.05) is 13.8 Å². The maximum absolute atomic E-state index is 12.5. The Bertz CT molecular complexity index is 757. The molecule has 0 atom stereocenters. The van der Waals surface area contributed by atoms with E-state index in [1.54, 1.807) is 24.3 Å². The van der Waals surface area contributed by atoms with E-state index in [0.29, 0.717) is 26.2 Å². The monoisotopic (exact) mass is 391 g/mol. The third-order valence-corrected chi connectivity index (χ3v) is 7.07. The zero-order valence-corrected chi connectivity index (χ0v) is 17.0. The molecule has 2 rings (SSSR count). The number of amides is 1. The van der Waals surface area contributed by atoms with Crippen LogP contribution in [0, 0.1) is 18.3 Å². The van der Waals surface area contributed by atoms with Crippen LogP contribution in [0.2, 0.25) is 0 Å². The van der Waals surface area contributed by atoms with Gasteiger partial charge in [-0.05, 0) is 43.6 Å². The van der Waals surface area contributed by atoms with Gasteiger partial charge in [0.1, 0.15) is 0 Å². The summed E-state index contributed by atoms with van der Waals surface area (Å²) in [4.78, 5) is 14.8. The van der Waals surface area contributed by atoms with Crippen LogP contribution in [-0.4, -0.2) is 56.3 Å². The second-order valence-corrected chi connectivity index (χ2v) is 8.64. The third kappa shape index (κ3) is 5.55. The van der Waals surface area contributed by atoms with Gasteiger partial charge < -0.3 is 5.32 Å². The molecule has 7 heteroatoms. The Balaban J connectivity index is 1.88. The van der Waals surface area contributed by atoms with Crippen molar-refractivity contribution in [3.63, 3.8) is 0 Å². The number of nitrogens with zero attached hydrogens (tertiary/aromatic N) is 2. The van der Waals surface area contributed by atoms with Crippen LogP contribution >= 0.6 is 0 Å². The number of terminal acetylenes is 1. The first-order chi connectivity index (χ1) is 12.9. The number of sulfonamides is 1. The van der Waals surface area contributed by atoms with Gasteiger partial charge in [-0.2, -0.15) is 4.31 Å². The molecule has 1 heterocycles. The highest BCUT2D eigenvalue weighted by Crippen LogP contribution is 2.18. The van der Waals surface area contributed by atoms with Crippen LogP contribution in [-0.2, 0) is 21.4 Å². The Hall–Kier alpha value is -1.88. The van der Waals surface area contributed by atoms with Gasteiger partial charge >= 0.3 is 0 Å². The normalized spacial score (nSPS) is 16.2. The van der Waals surface area contributed by atoms with Crippen molar-refractivity contribution in [1.29, 1.82) is 0 Å². The molecule has 0 bridgehead atoms. The maximum atomic E-state index is 12.5. The molecule has 0 aliphatic carbocycles. The summed E-state index contributed by atoms with van der Waals surface area (Å²) in [7, 11) is -3.45. The quantitative estimate of drug-likeness (QED) is 0.685. The van der Waals surface area contributed by atoms with Gasteiger partial charge in [-0.15, -0.1) is 6.42 Å². The van der Waals surface area contributed by atoms with Gasteiger partial charge in [0.2, 0.25) is 15.9 Å². The van der Waals surface area contributed by atoms with Crippen LogP contribution in [0.5, 0.6) is 0 Å². The molecule has 0 spiro atoms. The maximum Gasteiger partial charge on any atom is 0.243 e. The second kappa shape index (κ2) is 9.88. The average Bonchev–Trinajstić information content (AvgIpc) is 2.68. The molecule has 0 unspecified atom stereocenters. The van der Waals surface area contributed by atoms with Gasteiger partial charge in [0, 0.05) is 25.6 Å². The predicted molar refractivity (Wildman–Crippen MR) is 106 cm³/mol. The lowest BCUT2D eigenvalue weighted by Crippen LogP contribution is -2.40. The lowest BCUT2D eigenvalue weighted by molar-refractivity contribution is -0.126. The van der Waals surface area contributed by atoms with Crippen LogP contribution in [0.25, 0.3) is 0 Å². The SMILES string of the molecule is C#CCN1CCC(C(=O)NCc2ccc(S(=O)(=O)N(CC)CC)cc2)CC1. The lowest BCUT2D eigenvalue weighted by atomic mass is 9.96. The molecular weight excluding hydrogens is 362 g/mol. The fourth-order valence-corrected chi connectivity index (χ4v) is 4.77. The Kier molecular flexibility index (Phi) is 7.84. The number of rotatable bonds is 8. The predicted octanol–water partition coefficient (Wildman–Crippen LogP) is 1.68. The van der Waals surface area contributed by atoms with E-state index in [-0.39, 0.29) is 16.7 Å². The van der Waals surface area contributed by atoms with Crippen LogP contribution < -0.4 is 5.32 Å². The highest BCUT2D eigenvalue weighted by Gasteiger charge is 2.24. The summed E-state index contributed by atoms with van der Waals surface area (Å²) in [5, 5.41) is 2.96. The highest BCUT2D eigenvalue weighted by molar-refractivity contribution is 7.89. The molecule has 1 aliphatic heterocycles. The number of likely N-dealkylation sites (tertiary alicyclic amines) is 1. The molecule has 6 nitrogen and oxygen atoms in total. The number of hydrogen-bond acceptors (Lipinski definition) is 4. The fourth-order valence-electron chi connectivity index (χ4n) is 3.31. The Labute approximate surface area is 163 Å². The molecule has 148 valence electrons. The molecule has 1 aromatic rings. The summed E-state index contributed by atoms with van der Waals surface area (Å²) in [6.07, 6.45) is 6.95. The number of nitrogens with one attached hydrogen (secondary N) is 1. The van der Waals surface area contributed by atoms with E-state index < -0.39 is 10.0 Å². The minimum Gasteiger partial charge on any atom is -0.352 e. The van der Waals surface area contributed by atoms with Gasteiger partial charge in [-0.25, -0.2) is 8.42 Å². The van der Waals surface area contributed by atoms with E-state index in [0.717, 1.165) is 31.5 Å². The molecule has 1 N–H and O–H groups in total. The molecule has 0 saturated carbocycles. The van der Waals surface area contributed by atoms with Gasteiger partial charge in [-0.1, -0.05) is 31.9 Å². The summed E-state index contributed by atoms with van der Waals surface area (Å²) in [5.41, 5.74) is 0.881. The minimum atomic E-state index is -3.45. The molecule has 0 radical (unpaired) electrons. The Morgan fingerprint density at radius 1 is 1.22 bits per heavy atom. The van der Waals surface area contributed by atoms with E-state index >= 15 is 0 Å². The van der Waals surface area contributed by atoms with Crippen LogP contribution in [0.1, 0.15) is 32.3 Å². The standard InChI is InChI=1S/C20H29N3O3S/c1-4-13-22-14-11-18(12-15-22)20(24)21-16-17-7-9-19(10-8-17)27(25,26)23(5-2)6-3/h1,7-10,18H,5-6,11-16H2,2-3H3,(H,21,24). The van der Waals surface area contributed by atoms with E-state index in [2.05, 4.69) is 16.1 Å². The number of carbonyl (C=O) groups is 1. The van der Waals surface area contributed by atoms with Crippen molar-refractivity contribution in [2.24, 2.45) is 5.92 Å². The number of hydrogen-bond donors (Lipinski definition) is 1. The van der Waals surface area contributed by atoms with E-state index in [9.17, 15) is 13.2 Å². The zero-order chi connectivity index (χ0) is 19.9. The summed E-state index contributed by atoms with van der Waals surface area (Å²) in [6.45, 7) is 7.25. The van der Waals surface area contributed by atoms with Crippen molar-refractivity contribution in [3.8, 4) is 12.3 Å². The van der Waals surface area contributed by atoms with Crippen LogP contribution in [0.3, 0.4) is 0 Å². The molecule has 1 aromatic carbocycles. The molecule has 0 aromatic heterocycles. The number of piperidine rings is 1. The second-order valence-electron chi connectivity index (χ2n) is 6.71. The zero-order valence-electron chi connectivity index (χ0n) is 16.1. The fraction of sp³-hybridized carbons (Fsp3) is 0.550. The van der Waals surface area contributed by atoms with E-state index in [4.69, 9.17) is 6.42 Å². The molecule has 1 fully saturated rings. The van der Waals surface area contributed by atoms with Crippen molar-refractivity contribution in [2.45, 2.75) is 38.1 Å². The van der Waals surface area contributed by atoms with Gasteiger partial charge in [0.25, 0.3) is 0 Å². The summed E-state index contributed by atoms with van der Waals surface area (Å²) < 4.78 is 26.4. The lowest BCUT2D eigenvalue weighted by Gasteiger charge is -2.29. The molecular formula is C20H29N3O3S. The Morgan fingerprint density at radius 3 is 2.33 bits per heavy atom. The van der Waals surface area contributed by atoms with Crippen molar-refractivity contribution in [3.05, 3.63) is 29.8 Å². The molecule has 27 heavy (non-hydrogen) atoms. The average molecular weight is 392 g/mol. The topological polar surface area (TPSA) is 69.7 Å². The molecule has 1 aliphatic rings. The van der Waals surface area contributed by atoms with Gasteiger partial charge in [0.05, 0.1) is 11.4 Å². The van der Waals surface area contributed by atoms with Crippen molar-refractivity contribution in [2.75, 3.05) is 32.7 Å². The highest BCUT2D eigenvalue weighted by atomic mass is 32.2. The summed E-state index contributed by atoms with van der Waals surface area (Å²) in [5.74, 6) is 2.70. The molecule has 1 saturated heterocycles. The van der Waals surface area contributed by atoms with Crippen molar-refractivity contribution >= 4 is 15.9 Å². The summed E-state index contributed by atoms with van der Waals surface area (Å²) >= 11 is 0. The van der Waals surface area contributed by atoms with Gasteiger partial charge in [-0.3, -0.25) is 9.69 Å². The first-order valence-corrected chi connectivity index (χ1v) is 10.9. The Morgan fingerprint density at radius 2 is 1.81 bits per heavy atom. The minimum absolute atomic E-state index is 0.0151. The van der Waals surface area contributed by atoms with Crippen LogP contribution in [0.4, 0.5) is 0 Å². The number of carbonyl (C=O) groups excluding carboxylic acids is 1. The van der Waals surface area contributed by atoms with Crippen molar-refractivity contribution < 1.29 is 13.2 Å².